The molecule has 0 unspecified atom stereocenters. The van der Waals surface area contributed by atoms with Gasteiger partial charge >= 0.3 is 0 Å². The van der Waals surface area contributed by atoms with Gasteiger partial charge in [0.2, 0.25) is 0 Å². The summed E-state index contributed by atoms with van der Waals surface area (Å²) in [6.45, 7) is 9.38. The highest BCUT2D eigenvalue weighted by Gasteiger charge is 2.12. The predicted molar refractivity (Wildman–Crippen MR) is 94.9 cm³/mol. The Morgan fingerprint density at radius 2 is 2.12 bits per heavy atom. The van der Waals surface area contributed by atoms with Crippen LogP contribution >= 0.6 is 0 Å². The van der Waals surface area contributed by atoms with Crippen LogP contribution in [-0.2, 0) is 25.9 Å². The molecule has 2 rings (SSSR count). The lowest BCUT2D eigenvalue weighted by Crippen LogP contribution is -2.38. The molecule has 7 nitrogen and oxygen atoms in total. The van der Waals surface area contributed by atoms with Crippen LogP contribution in [0, 0.1) is 0 Å². The maximum Gasteiger partial charge on any atom is 0.191 e. The zero-order chi connectivity index (χ0) is 17.2. The SMILES string of the molecule is CCNC(=NCc1c(CC)noc1CC)NCCCn1cccn1. The van der Waals surface area contributed by atoms with Gasteiger partial charge in [0, 0.05) is 44.0 Å². The van der Waals surface area contributed by atoms with Crippen LogP contribution in [0.2, 0.25) is 0 Å². The third kappa shape index (κ3) is 5.11. The number of hydrogen-bond acceptors (Lipinski definition) is 4. The highest BCUT2D eigenvalue weighted by molar-refractivity contribution is 5.79. The second kappa shape index (κ2) is 9.75. The summed E-state index contributed by atoms with van der Waals surface area (Å²) in [4.78, 5) is 4.68. The highest BCUT2D eigenvalue weighted by Crippen LogP contribution is 2.16. The quantitative estimate of drug-likeness (QED) is 0.418. The van der Waals surface area contributed by atoms with Crippen LogP contribution < -0.4 is 10.6 Å². The number of aliphatic imine (C=N–C) groups is 1. The van der Waals surface area contributed by atoms with Crippen molar-refractivity contribution in [2.24, 2.45) is 4.99 Å². The second-order valence-corrected chi connectivity index (χ2v) is 5.48. The third-order valence-corrected chi connectivity index (χ3v) is 3.76. The van der Waals surface area contributed by atoms with Gasteiger partial charge in [-0.05, 0) is 25.8 Å². The maximum absolute atomic E-state index is 5.40. The second-order valence-electron chi connectivity index (χ2n) is 5.48. The van der Waals surface area contributed by atoms with Crippen molar-refractivity contribution in [2.75, 3.05) is 13.1 Å². The summed E-state index contributed by atoms with van der Waals surface area (Å²) < 4.78 is 7.33. The summed E-state index contributed by atoms with van der Waals surface area (Å²) in [5.41, 5.74) is 2.12. The highest BCUT2D eigenvalue weighted by atomic mass is 16.5. The van der Waals surface area contributed by atoms with Crippen LogP contribution in [0.1, 0.15) is 44.2 Å². The molecule has 0 bridgehead atoms. The van der Waals surface area contributed by atoms with E-state index in [-0.39, 0.29) is 0 Å². The molecule has 132 valence electrons. The molecule has 0 fully saturated rings. The molecule has 2 N–H and O–H groups in total. The van der Waals surface area contributed by atoms with Crippen LogP contribution in [0.3, 0.4) is 0 Å². The number of hydrogen-bond donors (Lipinski definition) is 2. The van der Waals surface area contributed by atoms with E-state index < -0.39 is 0 Å². The van der Waals surface area contributed by atoms with Gasteiger partial charge in [0.15, 0.2) is 5.96 Å². The Labute approximate surface area is 143 Å². The largest absolute Gasteiger partial charge is 0.361 e. The lowest BCUT2D eigenvalue weighted by molar-refractivity contribution is 0.380. The fraction of sp³-hybridized carbons (Fsp3) is 0.588. The summed E-state index contributed by atoms with van der Waals surface area (Å²) in [6, 6.07) is 1.94. The van der Waals surface area contributed by atoms with Crippen LogP contribution in [0.4, 0.5) is 0 Å². The van der Waals surface area contributed by atoms with E-state index in [0.717, 1.165) is 61.9 Å². The van der Waals surface area contributed by atoms with E-state index in [1.54, 1.807) is 6.20 Å². The molecular formula is C17H28N6O. The van der Waals surface area contributed by atoms with Crippen molar-refractivity contribution in [3.05, 3.63) is 35.5 Å². The molecule has 0 aromatic carbocycles. The molecule has 7 heteroatoms. The Kier molecular flexibility index (Phi) is 7.32. The van der Waals surface area contributed by atoms with E-state index >= 15 is 0 Å². The molecule has 2 aromatic rings. The molecule has 0 radical (unpaired) electrons. The van der Waals surface area contributed by atoms with Gasteiger partial charge in [-0.25, -0.2) is 4.99 Å². The first-order valence-electron chi connectivity index (χ1n) is 8.74. The monoisotopic (exact) mass is 332 g/mol. The lowest BCUT2D eigenvalue weighted by atomic mass is 10.1. The molecule has 0 atom stereocenters. The Bertz CT molecular complexity index is 596. The first-order valence-corrected chi connectivity index (χ1v) is 8.74. The third-order valence-electron chi connectivity index (χ3n) is 3.76. The first-order chi connectivity index (χ1) is 11.8. The van der Waals surface area contributed by atoms with Gasteiger partial charge < -0.3 is 15.2 Å². The number of rotatable bonds is 9. The zero-order valence-electron chi connectivity index (χ0n) is 14.9. The van der Waals surface area contributed by atoms with Crippen molar-refractivity contribution >= 4 is 5.96 Å². The summed E-state index contributed by atoms with van der Waals surface area (Å²) in [5.74, 6) is 1.76. The number of guanidine groups is 1. The van der Waals surface area contributed by atoms with E-state index in [4.69, 9.17) is 4.52 Å². The van der Waals surface area contributed by atoms with Crippen molar-refractivity contribution in [1.29, 1.82) is 0 Å². The Balaban J connectivity index is 1.89. The first kappa shape index (κ1) is 18.0. The topological polar surface area (TPSA) is 80.3 Å². The number of nitrogens with one attached hydrogen (secondary N) is 2. The van der Waals surface area contributed by atoms with Crippen LogP contribution in [0.5, 0.6) is 0 Å². The van der Waals surface area contributed by atoms with Gasteiger partial charge in [-0.1, -0.05) is 19.0 Å². The molecule has 0 saturated heterocycles. The van der Waals surface area contributed by atoms with Gasteiger partial charge in [0.25, 0.3) is 0 Å². The van der Waals surface area contributed by atoms with E-state index in [1.807, 2.05) is 16.9 Å². The smallest absolute Gasteiger partial charge is 0.191 e. The average molecular weight is 332 g/mol. The van der Waals surface area contributed by atoms with E-state index in [1.165, 1.54) is 0 Å². The molecule has 24 heavy (non-hydrogen) atoms. The summed E-state index contributed by atoms with van der Waals surface area (Å²) in [5, 5.41) is 15.0. The van der Waals surface area contributed by atoms with Gasteiger partial charge in [-0.3, -0.25) is 4.68 Å². The normalized spacial score (nSPS) is 11.7. The zero-order valence-corrected chi connectivity index (χ0v) is 14.9. The van der Waals surface area contributed by atoms with Crippen LogP contribution in [-0.4, -0.2) is 34.0 Å². The Morgan fingerprint density at radius 1 is 1.25 bits per heavy atom. The maximum atomic E-state index is 5.40. The van der Waals surface area contributed by atoms with Gasteiger partial charge in [-0.2, -0.15) is 5.10 Å². The molecular weight excluding hydrogens is 304 g/mol. The Hall–Kier alpha value is -2.31. The van der Waals surface area contributed by atoms with E-state index in [0.29, 0.717) is 6.54 Å². The van der Waals surface area contributed by atoms with Crippen molar-refractivity contribution in [3.8, 4) is 0 Å². The molecule has 2 heterocycles. The molecule has 0 saturated carbocycles. The van der Waals surface area contributed by atoms with Crippen molar-refractivity contribution < 1.29 is 4.52 Å². The fourth-order valence-corrected chi connectivity index (χ4v) is 2.50. The van der Waals surface area contributed by atoms with E-state index in [9.17, 15) is 0 Å². The minimum Gasteiger partial charge on any atom is -0.361 e. The molecule has 0 aliphatic heterocycles. The summed E-state index contributed by atoms with van der Waals surface area (Å²) >= 11 is 0. The standard InChI is InChI=1S/C17H28N6O/c1-4-15-14(16(5-2)24-22-15)13-20-17(18-6-3)19-9-7-11-23-12-8-10-21-23/h8,10,12H,4-7,9,11,13H2,1-3H3,(H2,18,19,20). The van der Waals surface area contributed by atoms with Gasteiger partial charge in [0.05, 0.1) is 12.2 Å². The van der Waals surface area contributed by atoms with Gasteiger partial charge in [-0.15, -0.1) is 0 Å². The lowest BCUT2D eigenvalue weighted by Gasteiger charge is -2.11. The predicted octanol–water partition coefficient (Wildman–Crippen LogP) is 2.14. The fourth-order valence-electron chi connectivity index (χ4n) is 2.50. The van der Waals surface area contributed by atoms with Crippen LogP contribution in [0.25, 0.3) is 0 Å². The number of aryl methyl sites for hydroxylation is 3. The number of aromatic nitrogens is 3. The van der Waals surface area contributed by atoms with Crippen molar-refractivity contribution in [1.82, 2.24) is 25.6 Å². The molecule has 0 aliphatic carbocycles. The van der Waals surface area contributed by atoms with Crippen molar-refractivity contribution in [3.63, 3.8) is 0 Å². The molecule has 2 aromatic heterocycles. The average Bonchev–Trinajstić information content (AvgIpc) is 3.25. The van der Waals surface area contributed by atoms with Crippen molar-refractivity contribution in [2.45, 2.75) is 53.1 Å². The summed E-state index contributed by atoms with van der Waals surface area (Å²) in [7, 11) is 0. The molecule has 0 spiro atoms. The van der Waals surface area contributed by atoms with Crippen LogP contribution in [0.15, 0.2) is 28.0 Å². The van der Waals surface area contributed by atoms with Gasteiger partial charge in [0.1, 0.15) is 5.76 Å². The minimum atomic E-state index is 0.588. The number of nitrogens with zero attached hydrogens (tertiary/aromatic N) is 4. The molecule has 0 aliphatic rings. The summed E-state index contributed by atoms with van der Waals surface area (Å²) in [6.07, 6.45) is 6.46. The van der Waals surface area contributed by atoms with E-state index in [2.05, 4.69) is 46.7 Å². The minimum absolute atomic E-state index is 0.588. The Morgan fingerprint density at radius 3 is 2.79 bits per heavy atom. The molecule has 0 amide bonds.